The van der Waals surface area contributed by atoms with Crippen LogP contribution in [0.2, 0.25) is 5.02 Å². The number of amides is 1. The number of thiol groups is 1. The number of carbonyl (C=O) groups excluding carboxylic acids is 1. The fourth-order valence-electron chi connectivity index (χ4n) is 2.25. The highest BCUT2D eigenvalue weighted by Crippen LogP contribution is 2.21. The van der Waals surface area contributed by atoms with E-state index in [0.717, 1.165) is 11.3 Å². The average Bonchev–Trinajstić information content (AvgIpc) is 2.42. The normalized spacial score (nSPS) is 14.9. The summed E-state index contributed by atoms with van der Waals surface area (Å²) in [4.78, 5) is 12.8. The van der Waals surface area contributed by atoms with Gasteiger partial charge in [-0.3, -0.25) is 4.79 Å². The summed E-state index contributed by atoms with van der Waals surface area (Å²) in [6.07, 6.45) is 8.15. The molecule has 1 amide bonds. The first kappa shape index (κ1) is 14.5. The number of rotatable bonds is 4. The molecule has 0 saturated heterocycles. The molecule has 4 heteroatoms. The molecule has 0 saturated carbocycles. The molecule has 0 radical (unpaired) electrons. The average molecular weight is 296 g/mol. The van der Waals surface area contributed by atoms with Gasteiger partial charge in [0.15, 0.2) is 0 Å². The van der Waals surface area contributed by atoms with Crippen molar-refractivity contribution in [1.82, 2.24) is 5.32 Å². The van der Waals surface area contributed by atoms with E-state index in [1.54, 1.807) is 18.2 Å². The Kier molecular flexibility index (Phi) is 5.34. The third kappa shape index (κ3) is 4.29. The lowest BCUT2D eigenvalue weighted by Gasteiger charge is -2.13. The lowest BCUT2D eigenvalue weighted by atomic mass is 9.97. The van der Waals surface area contributed by atoms with Crippen LogP contribution in [0.25, 0.3) is 0 Å². The van der Waals surface area contributed by atoms with Crippen molar-refractivity contribution in [2.45, 2.75) is 37.0 Å². The van der Waals surface area contributed by atoms with E-state index in [-0.39, 0.29) is 5.91 Å². The molecule has 0 unspecified atom stereocenters. The Bertz CT molecular complexity index is 499. The fraction of sp³-hybridized carbons (Fsp3) is 0.400. The molecule has 2 nitrogen and oxygen atoms in total. The smallest absolute Gasteiger partial charge is 0.252 e. The van der Waals surface area contributed by atoms with E-state index in [2.05, 4.69) is 24.0 Å². The summed E-state index contributed by atoms with van der Waals surface area (Å²) >= 11 is 10.2. The molecule has 102 valence electrons. The van der Waals surface area contributed by atoms with Crippen molar-refractivity contribution in [3.63, 3.8) is 0 Å². The predicted octanol–water partition coefficient (Wildman–Crippen LogP) is 4.25. The van der Waals surface area contributed by atoms with E-state index in [1.165, 1.54) is 31.3 Å². The SMILES string of the molecule is O=C(NCCC1=CCCCC1)c1cc(S)ccc1Cl. The third-order valence-corrected chi connectivity index (χ3v) is 3.92. The number of nitrogens with one attached hydrogen (secondary N) is 1. The molecule has 0 aromatic heterocycles. The Morgan fingerprint density at radius 2 is 2.21 bits per heavy atom. The monoisotopic (exact) mass is 295 g/mol. The second kappa shape index (κ2) is 7.01. The number of allylic oxidation sites excluding steroid dienone is 1. The van der Waals surface area contributed by atoms with Gasteiger partial charge in [0.2, 0.25) is 0 Å². The number of benzene rings is 1. The molecular formula is C15H18ClNOS. The first-order valence-electron chi connectivity index (χ1n) is 6.61. The van der Waals surface area contributed by atoms with Gasteiger partial charge >= 0.3 is 0 Å². The summed E-state index contributed by atoms with van der Waals surface area (Å²) in [6, 6.07) is 5.16. The van der Waals surface area contributed by atoms with E-state index >= 15 is 0 Å². The highest BCUT2D eigenvalue weighted by atomic mass is 35.5. The molecule has 0 fully saturated rings. The summed E-state index contributed by atoms with van der Waals surface area (Å²) in [5.74, 6) is -0.127. The van der Waals surface area contributed by atoms with Gasteiger partial charge in [-0.1, -0.05) is 23.3 Å². The minimum atomic E-state index is -0.127. The Labute approximate surface area is 124 Å². The molecule has 1 aliphatic carbocycles. The van der Waals surface area contributed by atoms with Crippen molar-refractivity contribution in [1.29, 1.82) is 0 Å². The molecule has 0 spiro atoms. The van der Waals surface area contributed by atoms with Crippen molar-refractivity contribution in [2.24, 2.45) is 0 Å². The molecule has 0 heterocycles. The number of halogens is 1. The number of hydrogen-bond acceptors (Lipinski definition) is 2. The maximum atomic E-state index is 12.0. The topological polar surface area (TPSA) is 29.1 Å². The highest BCUT2D eigenvalue weighted by molar-refractivity contribution is 7.80. The highest BCUT2D eigenvalue weighted by Gasteiger charge is 2.10. The van der Waals surface area contributed by atoms with Crippen molar-refractivity contribution in [3.8, 4) is 0 Å². The molecular weight excluding hydrogens is 278 g/mol. The maximum Gasteiger partial charge on any atom is 0.252 e. The van der Waals surface area contributed by atoms with Crippen LogP contribution < -0.4 is 5.32 Å². The van der Waals surface area contributed by atoms with Crippen LogP contribution in [0.3, 0.4) is 0 Å². The summed E-state index contributed by atoms with van der Waals surface area (Å²) in [7, 11) is 0. The second-order valence-electron chi connectivity index (χ2n) is 4.78. The second-order valence-corrected chi connectivity index (χ2v) is 5.70. The van der Waals surface area contributed by atoms with Crippen LogP contribution >= 0.6 is 24.2 Å². The van der Waals surface area contributed by atoms with Gasteiger partial charge in [-0.25, -0.2) is 0 Å². The van der Waals surface area contributed by atoms with Gasteiger partial charge in [0.25, 0.3) is 5.91 Å². The van der Waals surface area contributed by atoms with E-state index < -0.39 is 0 Å². The largest absolute Gasteiger partial charge is 0.352 e. The van der Waals surface area contributed by atoms with Gasteiger partial charge < -0.3 is 5.32 Å². The lowest BCUT2D eigenvalue weighted by molar-refractivity contribution is 0.0954. The minimum Gasteiger partial charge on any atom is -0.352 e. The zero-order valence-corrected chi connectivity index (χ0v) is 12.4. The molecule has 0 bridgehead atoms. The summed E-state index contributed by atoms with van der Waals surface area (Å²) in [5.41, 5.74) is 1.95. The van der Waals surface area contributed by atoms with Gasteiger partial charge in [0, 0.05) is 11.4 Å². The molecule has 1 N–H and O–H groups in total. The summed E-state index contributed by atoms with van der Waals surface area (Å²) < 4.78 is 0. The Morgan fingerprint density at radius 3 is 2.95 bits per heavy atom. The van der Waals surface area contributed by atoms with Crippen molar-refractivity contribution in [3.05, 3.63) is 40.4 Å². The van der Waals surface area contributed by atoms with E-state index in [0.29, 0.717) is 17.1 Å². The van der Waals surface area contributed by atoms with Gasteiger partial charge in [0.1, 0.15) is 0 Å². The van der Waals surface area contributed by atoms with Crippen LogP contribution in [-0.2, 0) is 0 Å². The quantitative estimate of drug-likeness (QED) is 0.631. The van der Waals surface area contributed by atoms with Crippen LogP contribution in [0.4, 0.5) is 0 Å². The molecule has 1 aromatic carbocycles. The number of hydrogen-bond donors (Lipinski definition) is 2. The van der Waals surface area contributed by atoms with Gasteiger partial charge in [-0.2, -0.15) is 0 Å². The summed E-state index contributed by atoms with van der Waals surface area (Å²) in [6.45, 7) is 0.664. The third-order valence-electron chi connectivity index (χ3n) is 3.31. The molecule has 19 heavy (non-hydrogen) atoms. The van der Waals surface area contributed by atoms with E-state index in [1.807, 2.05) is 0 Å². The van der Waals surface area contributed by atoms with E-state index in [4.69, 9.17) is 11.6 Å². The first-order chi connectivity index (χ1) is 9.16. The Hall–Kier alpha value is -0.930. The zero-order valence-electron chi connectivity index (χ0n) is 10.8. The summed E-state index contributed by atoms with van der Waals surface area (Å²) in [5, 5.41) is 3.38. The van der Waals surface area contributed by atoms with E-state index in [9.17, 15) is 4.79 Å². The predicted molar refractivity (Wildman–Crippen MR) is 82.2 cm³/mol. The van der Waals surface area contributed by atoms with Crippen molar-refractivity contribution >= 4 is 30.1 Å². The fourth-order valence-corrected chi connectivity index (χ4v) is 2.66. The molecule has 1 aromatic rings. The standard InChI is InChI=1S/C15H18ClNOS/c16-14-7-6-12(19)10-13(14)15(18)17-9-8-11-4-2-1-3-5-11/h4,6-7,10,19H,1-3,5,8-9H2,(H,17,18). The van der Waals surface area contributed by atoms with Gasteiger partial charge in [-0.15, -0.1) is 12.6 Å². The van der Waals surface area contributed by atoms with Gasteiger partial charge in [-0.05, 0) is 50.3 Å². The van der Waals surface area contributed by atoms with Crippen LogP contribution in [0.15, 0.2) is 34.7 Å². The zero-order chi connectivity index (χ0) is 13.7. The Balaban J connectivity index is 1.87. The van der Waals surface area contributed by atoms with Crippen LogP contribution in [0, 0.1) is 0 Å². The van der Waals surface area contributed by atoms with Crippen LogP contribution in [0.5, 0.6) is 0 Å². The van der Waals surface area contributed by atoms with Crippen molar-refractivity contribution in [2.75, 3.05) is 6.54 Å². The minimum absolute atomic E-state index is 0.127. The number of carbonyl (C=O) groups is 1. The molecule has 1 aliphatic rings. The molecule has 0 aliphatic heterocycles. The van der Waals surface area contributed by atoms with Crippen molar-refractivity contribution < 1.29 is 4.79 Å². The molecule has 2 rings (SSSR count). The molecule has 0 atom stereocenters. The van der Waals surface area contributed by atoms with Gasteiger partial charge in [0.05, 0.1) is 10.6 Å². The lowest BCUT2D eigenvalue weighted by Crippen LogP contribution is -2.25. The van der Waals surface area contributed by atoms with Crippen LogP contribution in [-0.4, -0.2) is 12.5 Å². The first-order valence-corrected chi connectivity index (χ1v) is 7.44. The maximum absolute atomic E-state index is 12.0. The Morgan fingerprint density at radius 1 is 1.37 bits per heavy atom. The van der Waals surface area contributed by atoms with Crippen LogP contribution in [0.1, 0.15) is 42.5 Å².